The van der Waals surface area contributed by atoms with Crippen molar-refractivity contribution in [2.75, 3.05) is 45.1 Å². The van der Waals surface area contributed by atoms with Gasteiger partial charge in [-0.25, -0.2) is 0 Å². The largest absolute Gasteiger partial charge is 0.399 e. The third-order valence-corrected chi connectivity index (χ3v) is 4.39. The standard InChI is InChI=1S/C16H25N3O/c17-14-3-4-15-13(12-14)2-5-16(15)18-6-1-7-19-8-10-20-11-9-19/h3-4,12,16,18H,1-2,5-11,17H2. The predicted octanol–water partition coefficient (Wildman–Crippen LogP) is 1.57. The number of nitrogens with two attached hydrogens (primary N) is 1. The summed E-state index contributed by atoms with van der Waals surface area (Å²) in [7, 11) is 0. The van der Waals surface area contributed by atoms with Crippen molar-refractivity contribution in [3.8, 4) is 0 Å². The molecule has 0 spiro atoms. The van der Waals surface area contributed by atoms with Gasteiger partial charge in [-0.05, 0) is 55.6 Å². The van der Waals surface area contributed by atoms with E-state index in [9.17, 15) is 0 Å². The summed E-state index contributed by atoms with van der Waals surface area (Å²) in [5.41, 5.74) is 9.61. The average molecular weight is 275 g/mol. The lowest BCUT2D eigenvalue weighted by Gasteiger charge is -2.26. The summed E-state index contributed by atoms with van der Waals surface area (Å²) in [5.74, 6) is 0. The monoisotopic (exact) mass is 275 g/mol. The van der Waals surface area contributed by atoms with Crippen molar-refractivity contribution in [2.45, 2.75) is 25.3 Å². The molecule has 0 aromatic heterocycles. The lowest BCUT2D eigenvalue weighted by atomic mass is 10.1. The Hall–Kier alpha value is -1.10. The molecule has 1 aromatic rings. The fraction of sp³-hybridized carbons (Fsp3) is 0.625. The molecule has 20 heavy (non-hydrogen) atoms. The van der Waals surface area contributed by atoms with Gasteiger partial charge in [-0.3, -0.25) is 4.90 Å². The van der Waals surface area contributed by atoms with Crippen LogP contribution in [0.1, 0.15) is 30.0 Å². The van der Waals surface area contributed by atoms with Gasteiger partial charge in [0.25, 0.3) is 0 Å². The number of anilines is 1. The smallest absolute Gasteiger partial charge is 0.0594 e. The van der Waals surface area contributed by atoms with E-state index in [0.717, 1.165) is 45.0 Å². The fourth-order valence-electron chi connectivity index (χ4n) is 3.25. The maximum absolute atomic E-state index is 5.84. The SMILES string of the molecule is Nc1ccc2c(c1)CCC2NCCCN1CCOCC1. The first kappa shape index (κ1) is 13.9. The van der Waals surface area contributed by atoms with Crippen molar-refractivity contribution in [3.05, 3.63) is 29.3 Å². The molecular formula is C16H25N3O. The number of nitrogens with one attached hydrogen (secondary N) is 1. The van der Waals surface area contributed by atoms with E-state index in [1.54, 1.807) is 0 Å². The van der Waals surface area contributed by atoms with Crippen LogP contribution in [0.2, 0.25) is 0 Å². The minimum absolute atomic E-state index is 0.523. The molecule has 1 unspecified atom stereocenters. The summed E-state index contributed by atoms with van der Waals surface area (Å²) in [6.45, 7) is 6.23. The molecule has 1 atom stereocenters. The van der Waals surface area contributed by atoms with Gasteiger partial charge in [0.15, 0.2) is 0 Å². The molecule has 1 fully saturated rings. The molecule has 0 saturated carbocycles. The Morgan fingerprint density at radius 3 is 3.00 bits per heavy atom. The number of hydrogen-bond acceptors (Lipinski definition) is 4. The van der Waals surface area contributed by atoms with E-state index in [0.29, 0.717) is 6.04 Å². The van der Waals surface area contributed by atoms with Crippen molar-refractivity contribution >= 4 is 5.69 Å². The number of rotatable bonds is 5. The van der Waals surface area contributed by atoms with Gasteiger partial charge in [0.05, 0.1) is 13.2 Å². The van der Waals surface area contributed by atoms with Gasteiger partial charge in [0.1, 0.15) is 0 Å². The predicted molar refractivity (Wildman–Crippen MR) is 81.8 cm³/mol. The quantitative estimate of drug-likeness (QED) is 0.632. The minimum Gasteiger partial charge on any atom is -0.399 e. The first-order valence-electron chi connectivity index (χ1n) is 7.75. The second kappa shape index (κ2) is 6.57. The molecule has 0 amide bonds. The number of morpholine rings is 1. The number of nitrogens with zero attached hydrogens (tertiary/aromatic N) is 1. The summed E-state index contributed by atoms with van der Waals surface area (Å²) in [4.78, 5) is 2.49. The zero-order valence-corrected chi connectivity index (χ0v) is 12.1. The van der Waals surface area contributed by atoms with E-state index < -0.39 is 0 Å². The number of nitrogen functional groups attached to an aromatic ring is 1. The van der Waals surface area contributed by atoms with Crippen LogP contribution in [-0.2, 0) is 11.2 Å². The Bertz CT molecular complexity index is 443. The van der Waals surface area contributed by atoms with Crippen LogP contribution in [0.15, 0.2) is 18.2 Å². The highest BCUT2D eigenvalue weighted by Gasteiger charge is 2.21. The number of ether oxygens (including phenoxy) is 1. The summed E-state index contributed by atoms with van der Waals surface area (Å²) in [5, 5.41) is 3.70. The highest BCUT2D eigenvalue weighted by molar-refractivity contribution is 5.47. The van der Waals surface area contributed by atoms with Gasteiger partial charge < -0.3 is 15.8 Å². The second-order valence-corrected chi connectivity index (χ2v) is 5.81. The van der Waals surface area contributed by atoms with Crippen LogP contribution in [0.3, 0.4) is 0 Å². The van der Waals surface area contributed by atoms with Crippen LogP contribution in [0.4, 0.5) is 5.69 Å². The highest BCUT2D eigenvalue weighted by Crippen LogP contribution is 2.32. The Morgan fingerprint density at radius 2 is 2.15 bits per heavy atom. The lowest BCUT2D eigenvalue weighted by Crippen LogP contribution is -2.37. The van der Waals surface area contributed by atoms with Crippen LogP contribution in [0, 0.1) is 0 Å². The molecule has 4 heteroatoms. The van der Waals surface area contributed by atoms with E-state index in [1.165, 1.54) is 30.5 Å². The van der Waals surface area contributed by atoms with Crippen LogP contribution >= 0.6 is 0 Å². The zero-order chi connectivity index (χ0) is 13.8. The molecule has 1 aliphatic carbocycles. The van der Waals surface area contributed by atoms with E-state index in [2.05, 4.69) is 22.3 Å². The van der Waals surface area contributed by atoms with E-state index in [1.807, 2.05) is 6.07 Å². The Morgan fingerprint density at radius 1 is 1.30 bits per heavy atom. The molecule has 0 bridgehead atoms. The van der Waals surface area contributed by atoms with Gasteiger partial charge in [0.2, 0.25) is 0 Å². The van der Waals surface area contributed by atoms with Crippen LogP contribution in [0.25, 0.3) is 0 Å². The zero-order valence-electron chi connectivity index (χ0n) is 12.1. The summed E-state index contributed by atoms with van der Waals surface area (Å²) >= 11 is 0. The molecule has 3 rings (SSSR count). The molecular weight excluding hydrogens is 250 g/mol. The Kier molecular flexibility index (Phi) is 4.55. The molecule has 1 aromatic carbocycles. The van der Waals surface area contributed by atoms with Gasteiger partial charge in [0, 0.05) is 24.8 Å². The number of hydrogen-bond donors (Lipinski definition) is 2. The first-order valence-corrected chi connectivity index (χ1v) is 7.75. The number of fused-ring (bicyclic) bond motifs is 1. The third-order valence-electron chi connectivity index (χ3n) is 4.39. The maximum Gasteiger partial charge on any atom is 0.0594 e. The Balaban J connectivity index is 1.41. The van der Waals surface area contributed by atoms with E-state index >= 15 is 0 Å². The molecule has 2 aliphatic rings. The lowest BCUT2D eigenvalue weighted by molar-refractivity contribution is 0.0374. The van der Waals surface area contributed by atoms with Crippen LogP contribution in [0.5, 0.6) is 0 Å². The second-order valence-electron chi connectivity index (χ2n) is 5.81. The van der Waals surface area contributed by atoms with Crippen molar-refractivity contribution in [1.82, 2.24) is 10.2 Å². The van der Waals surface area contributed by atoms with Gasteiger partial charge >= 0.3 is 0 Å². The van der Waals surface area contributed by atoms with E-state index in [-0.39, 0.29) is 0 Å². The normalized spacial score (nSPS) is 22.9. The molecule has 1 heterocycles. The van der Waals surface area contributed by atoms with E-state index in [4.69, 9.17) is 10.5 Å². The molecule has 4 nitrogen and oxygen atoms in total. The van der Waals surface area contributed by atoms with Crippen molar-refractivity contribution in [2.24, 2.45) is 0 Å². The molecule has 1 aliphatic heterocycles. The van der Waals surface area contributed by atoms with Crippen LogP contribution in [-0.4, -0.2) is 44.3 Å². The summed E-state index contributed by atoms with van der Waals surface area (Å²) in [6.07, 6.45) is 3.57. The molecule has 110 valence electrons. The summed E-state index contributed by atoms with van der Waals surface area (Å²) in [6, 6.07) is 6.87. The van der Waals surface area contributed by atoms with Crippen LogP contribution < -0.4 is 11.1 Å². The number of aryl methyl sites for hydroxylation is 1. The minimum atomic E-state index is 0.523. The van der Waals surface area contributed by atoms with Gasteiger partial charge in [-0.2, -0.15) is 0 Å². The van der Waals surface area contributed by atoms with Gasteiger partial charge in [-0.15, -0.1) is 0 Å². The average Bonchev–Trinajstić information content (AvgIpc) is 2.87. The first-order chi connectivity index (χ1) is 9.83. The molecule has 0 radical (unpaired) electrons. The maximum atomic E-state index is 5.84. The van der Waals surface area contributed by atoms with Crippen molar-refractivity contribution in [1.29, 1.82) is 0 Å². The third kappa shape index (κ3) is 3.32. The highest BCUT2D eigenvalue weighted by atomic mass is 16.5. The topological polar surface area (TPSA) is 50.5 Å². The van der Waals surface area contributed by atoms with Crippen molar-refractivity contribution in [3.63, 3.8) is 0 Å². The van der Waals surface area contributed by atoms with Crippen molar-refractivity contribution < 1.29 is 4.74 Å². The number of benzene rings is 1. The summed E-state index contributed by atoms with van der Waals surface area (Å²) < 4.78 is 5.37. The fourth-order valence-corrected chi connectivity index (χ4v) is 3.25. The van der Waals surface area contributed by atoms with Gasteiger partial charge in [-0.1, -0.05) is 6.07 Å². The Labute approximate surface area is 121 Å². The molecule has 1 saturated heterocycles. The molecule has 3 N–H and O–H groups in total.